The van der Waals surface area contributed by atoms with Gasteiger partial charge in [-0.15, -0.1) is 0 Å². The third kappa shape index (κ3) is 3.76. The highest BCUT2D eigenvalue weighted by Crippen LogP contribution is 2.21. The number of esters is 1. The van der Waals surface area contributed by atoms with Gasteiger partial charge in [-0.1, -0.05) is 42.5 Å². The Hall–Kier alpha value is -2.47. The van der Waals surface area contributed by atoms with Crippen molar-refractivity contribution in [3.63, 3.8) is 0 Å². The summed E-state index contributed by atoms with van der Waals surface area (Å²) in [5.74, 6) is -0.380. The van der Waals surface area contributed by atoms with E-state index in [1.54, 1.807) is 18.3 Å². The topological polar surface area (TPSA) is 77.2 Å². The number of methoxy groups -OCH3 is 1. The molecule has 0 radical (unpaired) electrons. The summed E-state index contributed by atoms with van der Waals surface area (Å²) >= 11 is 4.90. The summed E-state index contributed by atoms with van der Waals surface area (Å²) in [6, 6.07) is 12.1. The Balaban J connectivity index is 2.29. The van der Waals surface area contributed by atoms with Crippen molar-refractivity contribution in [1.29, 1.82) is 0 Å². The molecule has 2 aromatic rings. The number of rotatable bonds is 5. The number of nitrogens with two attached hydrogens (primary N) is 1. The molecule has 0 spiro atoms. The number of benzene rings is 1. The first kappa shape index (κ1) is 14.9. The van der Waals surface area contributed by atoms with Gasteiger partial charge in [0.2, 0.25) is 0 Å². The van der Waals surface area contributed by atoms with E-state index < -0.39 is 6.04 Å². The van der Waals surface area contributed by atoms with Crippen LogP contribution in [0.2, 0.25) is 0 Å². The Bertz CT molecular complexity index is 646. The van der Waals surface area contributed by atoms with Gasteiger partial charge in [0.1, 0.15) is 4.99 Å². The fourth-order valence-corrected chi connectivity index (χ4v) is 1.98. The number of ether oxygens (including phenoxy) is 1. The number of nitrogens with one attached hydrogen (secondary N) is 1. The predicted octanol–water partition coefficient (Wildman–Crippen LogP) is 2.04. The summed E-state index contributed by atoms with van der Waals surface area (Å²) in [4.78, 5) is 16.2. The van der Waals surface area contributed by atoms with Crippen LogP contribution >= 0.6 is 12.2 Å². The Kier molecular flexibility index (Phi) is 4.84. The van der Waals surface area contributed by atoms with Gasteiger partial charge in [-0.2, -0.15) is 0 Å². The molecule has 0 aliphatic rings. The van der Waals surface area contributed by atoms with Crippen LogP contribution in [-0.2, 0) is 9.53 Å². The van der Waals surface area contributed by atoms with Crippen LogP contribution in [-0.4, -0.2) is 23.1 Å². The van der Waals surface area contributed by atoms with Crippen molar-refractivity contribution < 1.29 is 9.53 Å². The maximum absolute atomic E-state index is 12.0. The van der Waals surface area contributed by atoms with Crippen LogP contribution < -0.4 is 11.1 Å². The molecule has 0 saturated carbocycles. The van der Waals surface area contributed by atoms with Crippen molar-refractivity contribution in [2.24, 2.45) is 5.73 Å². The molecular formula is C15H15N3O2S. The Morgan fingerprint density at radius 1 is 1.33 bits per heavy atom. The number of nitrogens with zero attached hydrogens (tertiary/aromatic N) is 1. The number of carbonyl (C=O) groups excluding carboxylic acids is 1. The van der Waals surface area contributed by atoms with Gasteiger partial charge in [-0.25, -0.2) is 4.79 Å². The quantitative estimate of drug-likeness (QED) is 0.650. The molecule has 0 amide bonds. The molecule has 1 atom stereocenters. The summed E-state index contributed by atoms with van der Waals surface area (Å²) < 4.78 is 4.85. The molecule has 6 heteroatoms. The summed E-state index contributed by atoms with van der Waals surface area (Å²) in [5, 5.41) is 3.11. The maximum atomic E-state index is 12.0. The van der Waals surface area contributed by atoms with Gasteiger partial charge in [0.25, 0.3) is 0 Å². The summed E-state index contributed by atoms with van der Waals surface area (Å²) in [5.41, 5.74) is 7.54. The molecule has 0 aliphatic carbocycles. The minimum absolute atomic E-state index is 0.202. The van der Waals surface area contributed by atoms with E-state index in [2.05, 4.69) is 10.3 Å². The molecule has 1 unspecified atom stereocenters. The van der Waals surface area contributed by atoms with Crippen molar-refractivity contribution in [2.75, 3.05) is 12.4 Å². The van der Waals surface area contributed by atoms with E-state index in [1.165, 1.54) is 7.11 Å². The van der Waals surface area contributed by atoms with Crippen molar-refractivity contribution in [3.05, 3.63) is 59.9 Å². The largest absolute Gasteiger partial charge is 0.467 e. The highest BCUT2D eigenvalue weighted by atomic mass is 32.1. The van der Waals surface area contributed by atoms with E-state index in [0.717, 1.165) is 5.56 Å². The highest BCUT2D eigenvalue weighted by molar-refractivity contribution is 7.80. The second-order valence-corrected chi connectivity index (χ2v) is 4.75. The van der Waals surface area contributed by atoms with Gasteiger partial charge in [0, 0.05) is 11.9 Å². The zero-order valence-electron chi connectivity index (χ0n) is 11.4. The predicted molar refractivity (Wildman–Crippen MR) is 84.9 cm³/mol. The zero-order valence-corrected chi connectivity index (χ0v) is 12.3. The van der Waals surface area contributed by atoms with Gasteiger partial charge < -0.3 is 15.8 Å². The number of anilines is 1. The number of thiocarbonyl (C=S) groups is 1. The Morgan fingerprint density at radius 2 is 2.05 bits per heavy atom. The fraction of sp³-hybridized carbons (Fsp3) is 0.133. The lowest BCUT2D eigenvalue weighted by atomic mass is 10.1. The van der Waals surface area contributed by atoms with Gasteiger partial charge in [-0.05, 0) is 17.7 Å². The van der Waals surface area contributed by atoms with E-state index in [9.17, 15) is 4.79 Å². The summed E-state index contributed by atoms with van der Waals surface area (Å²) in [7, 11) is 1.35. The number of carbonyl (C=O) groups is 1. The molecular weight excluding hydrogens is 286 g/mol. The van der Waals surface area contributed by atoms with Gasteiger partial charge in [0.05, 0.1) is 12.8 Å². The van der Waals surface area contributed by atoms with Crippen LogP contribution in [0.3, 0.4) is 0 Å². The molecule has 1 aromatic carbocycles. The molecule has 2 rings (SSSR count). The van der Waals surface area contributed by atoms with Crippen LogP contribution in [0.25, 0.3) is 0 Å². The van der Waals surface area contributed by atoms with Crippen molar-refractivity contribution in [2.45, 2.75) is 6.04 Å². The van der Waals surface area contributed by atoms with Crippen LogP contribution in [0.15, 0.2) is 48.7 Å². The summed E-state index contributed by atoms with van der Waals surface area (Å²) in [6.45, 7) is 0. The highest BCUT2D eigenvalue weighted by Gasteiger charge is 2.21. The average molecular weight is 301 g/mol. The minimum atomic E-state index is -0.613. The SMILES string of the molecule is COC(=O)C(Nc1ccnc(C(N)=S)c1)c1ccccc1. The molecule has 1 heterocycles. The number of pyridine rings is 1. The van der Waals surface area contributed by atoms with Crippen LogP contribution in [0.4, 0.5) is 5.69 Å². The smallest absolute Gasteiger partial charge is 0.332 e. The van der Waals surface area contributed by atoms with Gasteiger partial charge in [-0.3, -0.25) is 4.98 Å². The first-order chi connectivity index (χ1) is 10.1. The monoisotopic (exact) mass is 301 g/mol. The second-order valence-electron chi connectivity index (χ2n) is 4.31. The molecule has 3 N–H and O–H groups in total. The Morgan fingerprint density at radius 3 is 2.67 bits per heavy atom. The molecule has 0 fully saturated rings. The van der Waals surface area contributed by atoms with Gasteiger partial charge >= 0.3 is 5.97 Å². The van der Waals surface area contributed by atoms with Crippen LogP contribution in [0, 0.1) is 0 Å². The lowest BCUT2D eigenvalue weighted by molar-refractivity contribution is -0.141. The minimum Gasteiger partial charge on any atom is -0.467 e. The lowest BCUT2D eigenvalue weighted by Crippen LogP contribution is -2.22. The van der Waals surface area contributed by atoms with E-state index in [4.69, 9.17) is 22.7 Å². The zero-order chi connectivity index (χ0) is 15.2. The second kappa shape index (κ2) is 6.81. The van der Waals surface area contributed by atoms with Crippen molar-refractivity contribution in [3.8, 4) is 0 Å². The van der Waals surface area contributed by atoms with Gasteiger partial charge in [0.15, 0.2) is 6.04 Å². The molecule has 0 aliphatic heterocycles. The average Bonchev–Trinajstić information content (AvgIpc) is 2.53. The van der Waals surface area contributed by atoms with E-state index in [1.807, 2.05) is 30.3 Å². The fourth-order valence-electron chi connectivity index (χ4n) is 1.86. The lowest BCUT2D eigenvalue weighted by Gasteiger charge is -2.18. The molecule has 108 valence electrons. The Labute approximate surface area is 128 Å². The third-order valence-corrected chi connectivity index (χ3v) is 3.10. The molecule has 0 bridgehead atoms. The molecule has 21 heavy (non-hydrogen) atoms. The van der Waals surface area contributed by atoms with Crippen molar-refractivity contribution in [1.82, 2.24) is 4.98 Å². The normalized spacial score (nSPS) is 11.5. The number of hydrogen-bond acceptors (Lipinski definition) is 5. The van der Waals surface area contributed by atoms with E-state index in [-0.39, 0.29) is 11.0 Å². The van der Waals surface area contributed by atoms with Crippen LogP contribution in [0.1, 0.15) is 17.3 Å². The van der Waals surface area contributed by atoms with E-state index >= 15 is 0 Å². The summed E-state index contributed by atoms with van der Waals surface area (Å²) in [6.07, 6.45) is 1.58. The molecule has 0 saturated heterocycles. The first-order valence-electron chi connectivity index (χ1n) is 6.27. The maximum Gasteiger partial charge on any atom is 0.332 e. The van der Waals surface area contributed by atoms with Crippen LogP contribution in [0.5, 0.6) is 0 Å². The third-order valence-electron chi connectivity index (χ3n) is 2.89. The molecule has 1 aromatic heterocycles. The molecule has 5 nitrogen and oxygen atoms in total. The standard InChI is InChI=1S/C15H15N3O2S/c1-20-15(19)13(10-5-3-2-4-6-10)18-11-7-8-17-12(9-11)14(16)21/h2-9,13H,1H3,(H2,16,21)(H,17,18). The number of aromatic nitrogens is 1. The first-order valence-corrected chi connectivity index (χ1v) is 6.68. The number of hydrogen-bond donors (Lipinski definition) is 2. The van der Waals surface area contributed by atoms with E-state index in [0.29, 0.717) is 11.4 Å². The van der Waals surface area contributed by atoms with Crippen molar-refractivity contribution >= 4 is 28.9 Å².